The molecule has 2 unspecified atom stereocenters. The molecule has 0 bridgehead atoms. The zero-order valence-electron chi connectivity index (χ0n) is 8.20. The summed E-state index contributed by atoms with van der Waals surface area (Å²) in [4.78, 5) is 8.15. The maximum atomic E-state index is 4.16. The molecule has 4 heteroatoms. The fraction of sp³-hybridized carbons (Fsp3) is 0.600. The van der Waals surface area contributed by atoms with Crippen molar-refractivity contribution in [2.75, 3.05) is 5.32 Å². The maximum Gasteiger partial charge on any atom is 0.130 e. The molecule has 0 spiro atoms. The van der Waals surface area contributed by atoms with Crippen molar-refractivity contribution >= 4 is 21.7 Å². The van der Waals surface area contributed by atoms with E-state index in [0.717, 1.165) is 16.3 Å². The predicted octanol–water partition coefficient (Wildman–Crippen LogP) is 2.84. The van der Waals surface area contributed by atoms with Gasteiger partial charge in [0.05, 0.1) is 0 Å². The lowest BCUT2D eigenvalue weighted by molar-refractivity contribution is 0.692. The van der Waals surface area contributed by atoms with Gasteiger partial charge in [-0.3, -0.25) is 0 Å². The Bertz CT molecular complexity index is 316. The van der Waals surface area contributed by atoms with Crippen molar-refractivity contribution in [2.24, 2.45) is 5.92 Å². The number of rotatable bonds is 4. The van der Waals surface area contributed by atoms with E-state index in [2.05, 4.69) is 38.1 Å². The van der Waals surface area contributed by atoms with Crippen LogP contribution in [0.5, 0.6) is 0 Å². The summed E-state index contributed by atoms with van der Waals surface area (Å²) in [7, 11) is 0. The quantitative estimate of drug-likeness (QED) is 0.842. The Kier molecular flexibility index (Phi) is 3.01. The summed E-state index contributed by atoms with van der Waals surface area (Å²) < 4.78 is 0.836. The molecule has 2 atom stereocenters. The second-order valence-corrected chi connectivity index (χ2v) is 4.57. The topological polar surface area (TPSA) is 37.8 Å². The minimum Gasteiger partial charge on any atom is -0.367 e. The van der Waals surface area contributed by atoms with E-state index in [-0.39, 0.29) is 0 Å². The third-order valence-corrected chi connectivity index (χ3v) is 2.98. The van der Waals surface area contributed by atoms with E-state index < -0.39 is 0 Å². The lowest BCUT2D eigenvalue weighted by Gasteiger charge is -2.03. The van der Waals surface area contributed by atoms with Gasteiger partial charge in [0.15, 0.2) is 0 Å². The number of hydrogen-bond acceptors (Lipinski definition) is 3. The van der Waals surface area contributed by atoms with Crippen LogP contribution >= 0.6 is 15.9 Å². The van der Waals surface area contributed by atoms with Crippen molar-refractivity contribution < 1.29 is 0 Å². The van der Waals surface area contributed by atoms with E-state index in [1.54, 1.807) is 6.33 Å². The Morgan fingerprint density at radius 1 is 1.57 bits per heavy atom. The van der Waals surface area contributed by atoms with Crippen molar-refractivity contribution in [1.29, 1.82) is 0 Å². The molecule has 0 aromatic carbocycles. The van der Waals surface area contributed by atoms with Gasteiger partial charge in [-0.2, -0.15) is 0 Å². The van der Waals surface area contributed by atoms with Crippen LogP contribution in [0.4, 0.5) is 5.82 Å². The van der Waals surface area contributed by atoms with Crippen LogP contribution in [0.25, 0.3) is 0 Å². The third-order valence-electron chi connectivity index (χ3n) is 2.55. The Hall–Kier alpha value is -0.640. The Morgan fingerprint density at radius 3 is 3.14 bits per heavy atom. The van der Waals surface area contributed by atoms with Gasteiger partial charge in [0, 0.05) is 12.1 Å². The number of hydrogen-bond donors (Lipinski definition) is 1. The molecule has 1 N–H and O–H groups in total. The van der Waals surface area contributed by atoms with E-state index in [9.17, 15) is 0 Å². The molecule has 3 nitrogen and oxygen atoms in total. The molecule has 1 fully saturated rings. The zero-order valence-corrected chi connectivity index (χ0v) is 9.79. The van der Waals surface area contributed by atoms with E-state index in [0.29, 0.717) is 6.04 Å². The smallest absolute Gasteiger partial charge is 0.130 e. The lowest BCUT2D eigenvalue weighted by Crippen LogP contribution is -2.06. The summed E-state index contributed by atoms with van der Waals surface area (Å²) in [5, 5.41) is 3.41. The first-order valence-corrected chi connectivity index (χ1v) is 5.83. The molecule has 0 saturated heterocycles. The van der Waals surface area contributed by atoms with E-state index in [4.69, 9.17) is 0 Å². The summed E-state index contributed by atoms with van der Waals surface area (Å²) in [6.07, 6.45) is 5.46. The molecule has 0 radical (unpaired) electrons. The number of nitrogens with one attached hydrogen (secondary N) is 1. The van der Waals surface area contributed by atoms with Crippen molar-refractivity contribution in [1.82, 2.24) is 9.97 Å². The van der Waals surface area contributed by atoms with Crippen LogP contribution < -0.4 is 5.32 Å². The monoisotopic (exact) mass is 255 g/mol. The minimum atomic E-state index is 0.636. The molecule has 1 saturated carbocycles. The molecule has 1 heterocycles. The van der Waals surface area contributed by atoms with Gasteiger partial charge in [-0.25, -0.2) is 9.97 Å². The summed E-state index contributed by atoms with van der Waals surface area (Å²) in [5.74, 6) is 1.78. The second-order valence-electron chi connectivity index (χ2n) is 3.76. The highest BCUT2D eigenvalue weighted by molar-refractivity contribution is 9.10. The Morgan fingerprint density at radius 2 is 2.43 bits per heavy atom. The normalized spacial score (nSPS) is 24.7. The SMILES string of the molecule is CCCC1CC1Nc1cc(Br)ncn1. The first kappa shape index (κ1) is 9.90. The molecule has 1 aliphatic rings. The first-order chi connectivity index (χ1) is 6.79. The molecule has 14 heavy (non-hydrogen) atoms. The summed E-state index contributed by atoms with van der Waals surface area (Å²) >= 11 is 3.33. The average molecular weight is 256 g/mol. The maximum absolute atomic E-state index is 4.16. The standard InChI is InChI=1S/C10H14BrN3/c1-2-3-7-4-8(7)14-10-5-9(11)12-6-13-10/h5-8H,2-4H2,1H3,(H,12,13,14). The van der Waals surface area contributed by atoms with Gasteiger partial charge >= 0.3 is 0 Å². The van der Waals surface area contributed by atoms with E-state index in [1.807, 2.05) is 6.07 Å². The molecule has 0 amide bonds. The molecule has 76 valence electrons. The molecule has 1 aromatic heterocycles. The van der Waals surface area contributed by atoms with Crippen LogP contribution in [-0.2, 0) is 0 Å². The number of aromatic nitrogens is 2. The van der Waals surface area contributed by atoms with Gasteiger partial charge < -0.3 is 5.32 Å². The number of halogens is 1. The number of nitrogens with zero attached hydrogens (tertiary/aromatic N) is 2. The molecule has 1 aliphatic carbocycles. The molecule has 1 aromatic rings. The fourth-order valence-electron chi connectivity index (χ4n) is 1.72. The summed E-state index contributed by atoms with van der Waals surface area (Å²) in [6.45, 7) is 2.23. The van der Waals surface area contributed by atoms with E-state index >= 15 is 0 Å². The number of anilines is 1. The zero-order chi connectivity index (χ0) is 9.97. The lowest BCUT2D eigenvalue weighted by atomic mass is 10.2. The first-order valence-electron chi connectivity index (χ1n) is 5.03. The average Bonchev–Trinajstić information content (AvgIpc) is 2.84. The van der Waals surface area contributed by atoms with Crippen LogP contribution in [0, 0.1) is 5.92 Å². The van der Waals surface area contributed by atoms with E-state index in [1.165, 1.54) is 19.3 Å². The Balaban J connectivity index is 1.87. The molecule has 0 aliphatic heterocycles. The van der Waals surface area contributed by atoms with Crippen molar-refractivity contribution in [3.63, 3.8) is 0 Å². The van der Waals surface area contributed by atoms with Crippen molar-refractivity contribution in [2.45, 2.75) is 32.2 Å². The van der Waals surface area contributed by atoms with Gasteiger partial charge in [-0.1, -0.05) is 13.3 Å². The Labute approximate surface area is 92.5 Å². The molecule has 2 rings (SSSR count). The van der Waals surface area contributed by atoms with Crippen LogP contribution in [0.2, 0.25) is 0 Å². The predicted molar refractivity (Wildman–Crippen MR) is 60.2 cm³/mol. The summed E-state index contributed by atoms with van der Waals surface area (Å²) in [6, 6.07) is 2.55. The minimum absolute atomic E-state index is 0.636. The summed E-state index contributed by atoms with van der Waals surface area (Å²) in [5.41, 5.74) is 0. The van der Waals surface area contributed by atoms with Gasteiger partial charge in [-0.15, -0.1) is 0 Å². The van der Waals surface area contributed by atoms with Crippen LogP contribution in [0.1, 0.15) is 26.2 Å². The van der Waals surface area contributed by atoms with Gasteiger partial charge in [-0.05, 0) is 34.7 Å². The molecular weight excluding hydrogens is 242 g/mol. The fourth-order valence-corrected chi connectivity index (χ4v) is 2.03. The van der Waals surface area contributed by atoms with Crippen LogP contribution in [0.15, 0.2) is 17.0 Å². The highest BCUT2D eigenvalue weighted by Gasteiger charge is 2.36. The second kappa shape index (κ2) is 4.26. The highest BCUT2D eigenvalue weighted by atomic mass is 79.9. The van der Waals surface area contributed by atoms with Crippen molar-refractivity contribution in [3.8, 4) is 0 Å². The van der Waals surface area contributed by atoms with Crippen LogP contribution in [0.3, 0.4) is 0 Å². The van der Waals surface area contributed by atoms with Crippen LogP contribution in [-0.4, -0.2) is 16.0 Å². The highest BCUT2D eigenvalue weighted by Crippen LogP contribution is 2.36. The van der Waals surface area contributed by atoms with Gasteiger partial charge in [0.1, 0.15) is 16.7 Å². The van der Waals surface area contributed by atoms with Crippen molar-refractivity contribution in [3.05, 3.63) is 17.0 Å². The largest absolute Gasteiger partial charge is 0.367 e. The van der Waals surface area contributed by atoms with Gasteiger partial charge in [0.25, 0.3) is 0 Å². The molecular formula is C10H14BrN3. The van der Waals surface area contributed by atoms with Gasteiger partial charge in [0.2, 0.25) is 0 Å². The third kappa shape index (κ3) is 2.44.